The second-order valence-corrected chi connectivity index (χ2v) is 0.971. The van der Waals surface area contributed by atoms with Crippen molar-refractivity contribution in [1.82, 2.24) is 10.1 Å². The summed E-state index contributed by atoms with van der Waals surface area (Å²) in [6, 6.07) is 0. The highest BCUT2D eigenvalue weighted by Crippen LogP contribution is 1.95. The number of halogens is 1. The monoisotopic (exact) mass is 103 g/mol. The molecule has 6 heavy (non-hydrogen) atoms. The summed E-state index contributed by atoms with van der Waals surface area (Å²) < 4.78 is 4.18. The van der Waals surface area contributed by atoms with Crippen LogP contribution in [0.2, 0.25) is 5.35 Å². The molecule has 0 spiro atoms. The largest absolute Gasteiger partial charge is 0.321 e. The summed E-state index contributed by atoms with van der Waals surface area (Å²) in [5, 5.41) is 3.10. The predicted molar refractivity (Wildman–Crippen MR) is 18.1 cm³/mol. The van der Waals surface area contributed by atoms with E-state index in [0.717, 1.165) is 0 Å². The van der Waals surface area contributed by atoms with E-state index in [1.54, 1.807) is 0 Å². The van der Waals surface area contributed by atoms with E-state index in [9.17, 15) is 0 Å². The van der Waals surface area contributed by atoms with Crippen LogP contribution in [0.5, 0.6) is 0 Å². The molecular formula is C2ClN2O. The van der Waals surface area contributed by atoms with E-state index in [0.29, 0.717) is 0 Å². The first-order valence-corrected chi connectivity index (χ1v) is 1.62. The lowest BCUT2D eigenvalue weighted by Gasteiger charge is -1.59. The molecule has 0 N–H and O–H groups in total. The van der Waals surface area contributed by atoms with Crippen LogP contribution in [-0.2, 0) is 0 Å². The quantitative estimate of drug-likeness (QED) is 0.481. The van der Waals surface area contributed by atoms with Gasteiger partial charge in [0.05, 0.1) is 0 Å². The van der Waals surface area contributed by atoms with Crippen LogP contribution in [0.3, 0.4) is 0 Å². The standard InChI is InChI=1S/C2ClN2O/c3-2-4-1-5-6-2. The normalized spacial score (nSPS) is 8.83. The molecule has 1 radical (unpaired) electrons. The van der Waals surface area contributed by atoms with Crippen molar-refractivity contribution in [3.8, 4) is 0 Å². The summed E-state index contributed by atoms with van der Waals surface area (Å²) >= 11 is 5.08. The maximum Gasteiger partial charge on any atom is 0.320 e. The van der Waals surface area contributed by atoms with Crippen LogP contribution in [0.25, 0.3) is 0 Å². The van der Waals surface area contributed by atoms with Gasteiger partial charge in [0, 0.05) is 0 Å². The van der Waals surface area contributed by atoms with Gasteiger partial charge in [0.1, 0.15) is 0 Å². The molecule has 0 unspecified atom stereocenters. The molecule has 0 aliphatic rings. The van der Waals surface area contributed by atoms with Crippen LogP contribution in [0, 0.1) is 6.33 Å². The molecule has 1 heterocycles. The molecule has 4 heteroatoms. The van der Waals surface area contributed by atoms with Crippen molar-refractivity contribution in [2.75, 3.05) is 0 Å². The first-order valence-electron chi connectivity index (χ1n) is 1.25. The fourth-order valence-corrected chi connectivity index (χ4v) is 0.211. The van der Waals surface area contributed by atoms with Crippen LogP contribution >= 0.6 is 11.6 Å². The van der Waals surface area contributed by atoms with Gasteiger partial charge in [0.25, 0.3) is 0 Å². The van der Waals surface area contributed by atoms with Gasteiger partial charge in [-0.15, -0.1) is 0 Å². The molecular weight excluding hydrogens is 103 g/mol. The molecule has 0 fully saturated rings. The third-order valence-corrected chi connectivity index (χ3v) is 0.453. The molecule has 0 saturated carbocycles. The van der Waals surface area contributed by atoms with Gasteiger partial charge in [-0.2, -0.15) is 4.98 Å². The van der Waals surface area contributed by atoms with Gasteiger partial charge in [-0.1, -0.05) is 5.16 Å². The van der Waals surface area contributed by atoms with Gasteiger partial charge in [0.15, 0.2) is 0 Å². The number of aromatic nitrogens is 2. The lowest BCUT2D eigenvalue weighted by Crippen LogP contribution is -1.50. The van der Waals surface area contributed by atoms with Crippen LogP contribution in [0.4, 0.5) is 0 Å². The summed E-state index contributed by atoms with van der Waals surface area (Å²) in [5.74, 6) is 0. The fraction of sp³-hybridized carbons (Fsp3) is 0. The molecule has 31 valence electrons. The van der Waals surface area contributed by atoms with E-state index in [1.165, 1.54) is 0 Å². The van der Waals surface area contributed by atoms with Crippen LogP contribution in [0.15, 0.2) is 4.52 Å². The molecule has 0 aromatic carbocycles. The zero-order valence-corrected chi connectivity index (χ0v) is 3.44. The Morgan fingerprint density at radius 1 is 1.83 bits per heavy atom. The average Bonchev–Trinajstić information content (AvgIpc) is 1.86. The summed E-state index contributed by atoms with van der Waals surface area (Å²) in [4.78, 5) is 3.28. The summed E-state index contributed by atoms with van der Waals surface area (Å²) in [6.45, 7) is 0. The Kier molecular flexibility index (Phi) is 0.759. The zero-order valence-electron chi connectivity index (χ0n) is 2.68. The van der Waals surface area contributed by atoms with E-state index in [-0.39, 0.29) is 5.35 Å². The molecule has 3 nitrogen and oxygen atoms in total. The maximum atomic E-state index is 5.08. The van der Waals surface area contributed by atoms with Gasteiger partial charge < -0.3 is 4.52 Å². The first-order chi connectivity index (χ1) is 2.89. The maximum absolute atomic E-state index is 5.08. The Bertz CT molecular complexity index is 115. The number of hydrogen-bond acceptors (Lipinski definition) is 3. The predicted octanol–water partition coefficient (Wildman–Crippen LogP) is 0.523. The smallest absolute Gasteiger partial charge is 0.320 e. The first kappa shape index (κ1) is 3.61. The second-order valence-electron chi connectivity index (χ2n) is 0.647. The molecule has 0 saturated heterocycles. The Labute approximate surface area is 38.9 Å². The van der Waals surface area contributed by atoms with E-state index >= 15 is 0 Å². The van der Waals surface area contributed by atoms with E-state index in [1.807, 2.05) is 0 Å². The molecule has 0 atom stereocenters. The third-order valence-electron chi connectivity index (χ3n) is 0.300. The van der Waals surface area contributed by atoms with Crippen LogP contribution in [-0.4, -0.2) is 10.1 Å². The molecule has 1 aromatic heterocycles. The van der Waals surface area contributed by atoms with E-state index in [4.69, 9.17) is 11.6 Å². The Balaban J connectivity index is 3.05. The molecule has 1 aromatic rings. The van der Waals surface area contributed by atoms with Crippen LogP contribution < -0.4 is 0 Å². The van der Waals surface area contributed by atoms with Gasteiger partial charge in [-0.3, -0.25) is 0 Å². The van der Waals surface area contributed by atoms with E-state index in [2.05, 4.69) is 21.0 Å². The zero-order chi connectivity index (χ0) is 4.41. The van der Waals surface area contributed by atoms with Crippen molar-refractivity contribution >= 4 is 11.6 Å². The molecule has 0 bridgehead atoms. The number of nitrogens with zero attached hydrogens (tertiary/aromatic N) is 2. The Morgan fingerprint density at radius 2 is 2.67 bits per heavy atom. The highest BCUT2D eigenvalue weighted by molar-refractivity contribution is 6.27. The van der Waals surface area contributed by atoms with Gasteiger partial charge >= 0.3 is 5.35 Å². The fourth-order valence-electron chi connectivity index (χ4n) is 0.138. The van der Waals surface area contributed by atoms with Gasteiger partial charge in [0.2, 0.25) is 6.33 Å². The molecule has 0 aliphatic heterocycles. The number of rotatable bonds is 0. The second kappa shape index (κ2) is 1.26. The summed E-state index contributed by atoms with van der Waals surface area (Å²) in [5.41, 5.74) is 0. The van der Waals surface area contributed by atoms with Crippen molar-refractivity contribution in [3.63, 3.8) is 0 Å². The summed E-state index contributed by atoms with van der Waals surface area (Å²) in [6.07, 6.45) is 2.13. The molecule has 1 rings (SSSR count). The molecule has 0 amide bonds. The Hall–Kier alpha value is -0.570. The minimum Gasteiger partial charge on any atom is -0.321 e. The van der Waals surface area contributed by atoms with Crippen LogP contribution in [0.1, 0.15) is 0 Å². The minimum absolute atomic E-state index is 0.0231. The topological polar surface area (TPSA) is 38.9 Å². The van der Waals surface area contributed by atoms with Crippen molar-refractivity contribution in [2.24, 2.45) is 0 Å². The highest BCUT2D eigenvalue weighted by atomic mass is 35.5. The van der Waals surface area contributed by atoms with Gasteiger partial charge in [-0.05, 0) is 11.6 Å². The SMILES string of the molecule is Clc1n[c]no1. The summed E-state index contributed by atoms with van der Waals surface area (Å²) in [7, 11) is 0. The van der Waals surface area contributed by atoms with Crippen molar-refractivity contribution < 1.29 is 4.52 Å². The van der Waals surface area contributed by atoms with Gasteiger partial charge in [-0.25, -0.2) is 0 Å². The van der Waals surface area contributed by atoms with Crippen molar-refractivity contribution in [2.45, 2.75) is 0 Å². The number of hydrogen-bond donors (Lipinski definition) is 0. The average molecular weight is 103 g/mol. The minimum atomic E-state index is 0.0231. The lowest BCUT2D eigenvalue weighted by atomic mass is 11.3. The van der Waals surface area contributed by atoms with Crippen molar-refractivity contribution in [3.05, 3.63) is 11.7 Å². The molecule has 0 aliphatic carbocycles. The third kappa shape index (κ3) is 0.490. The Morgan fingerprint density at radius 3 is 2.83 bits per heavy atom. The lowest BCUT2D eigenvalue weighted by molar-refractivity contribution is 0.417. The van der Waals surface area contributed by atoms with Crippen molar-refractivity contribution in [1.29, 1.82) is 0 Å². The van der Waals surface area contributed by atoms with E-state index < -0.39 is 0 Å². The highest BCUT2D eigenvalue weighted by Gasteiger charge is 1.84.